The molecule has 2 fully saturated rings. The lowest BCUT2D eigenvalue weighted by Gasteiger charge is -2.32. The van der Waals surface area contributed by atoms with Crippen molar-refractivity contribution in [2.45, 2.75) is 38.3 Å². The summed E-state index contributed by atoms with van der Waals surface area (Å²) in [6.07, 6.45) is 2.99. The van der Waals surface area contributed by atoms with Crippen molar-refractivity contribution in [2.75, 3.05) is 26.2 Å². The van der Waals surface area contributed by atoms with Gasteiger partial charge in [0.2, 0.25) is 5.91 Å². The van der Waals surface area contributed by atoms with E-state index in [4.69, 9.17) is 22.7 Å². The van der Waals surface area contributed by atoms with Gasteiger partial charge in [-0.25, -0.2) is 0 Å². The molecule has 0 aromatic carbocycles. The predicted octanol–water partition coefficient (Wildman–Crippen LogP) is 0.278. The first-order valence-electron chi connectivity index (χ1n) is 6.97. The molecule has 0 radical (unpaired) electrons. The van der Waals surface area contributed by atoms with Gasteiger partial charge in [-0.05, 0) is 26.2 Å². The number of hydrogen-bond acceptors (Lipinski definition) is 4. The molecular formula is C13H23N3O2S. The van der Waals surface area contributed by atoms with Crippen LogP contribution in [0, 0.1) is 5.92 Å². The number of likely N-dealkylation sites (tertiary alicyclic amines) is 1. The second-order valence-corrected chi connectivity index (χ2v) is 6.13. The van der Waals surface area contributed by atoms with Gasteiger partial charge in [0.25, 0.3) is 0 Å². The van der Waals surface area contributed by atoms with Crippen LogP contribution in [0.2, 0.25) is 0 Å². The minimum Gasteiger partial charge on any atom is -0.392 e. The zero-order valence-electron chi connectivity index (χ0n) is 11.4. The summed E-state index contributed by atoms with van der Waals surface area (Å²) in [5.41, 5.74) is 5.54. The van der Waals surface area contributed by atoms with Crippen molar-refractivity contribution in [1.82, 2.24) is 10.2 Å². The molecule has 2 unspecified atom stereocenters. The lowest BCUT2D eigenvalue weighted by atomic mass is 10.0. The fourth-order valence-corrected chi connectivity index (χ4v) is 2.96. The molecule has 2 atom stereocenters. The molecule has 3 N–H and O–H groups in total. The highest BCUT2D eigenvalue weighted by Gasteiger charge is 2.30. The van der Waals surface area contributed by atoms with E-state index >= 15 is 0 Å². The minimum absolute atomic E-state index is 0.0321. The zero-order chi connectivity index (χ0) is 13.8. The molecule has 5 nitrogen and oxygen atoms in total. The molecule has 0 bridgehead atoms. The summed E-state index contributed by atoms with van der Waals surface area (Å²) >= 11 is 4.91. The zero-order valence-corrected chi connectivity index (χ0v) is 12.2. The van der Waals surface area contributed by atoms with Gasteiger partial charge in [0.1, 0.15) is 0 Å². The Kier molecular flexibility index (Phi) is 5.13. The highest BCUT2D eigenvalue weighted by molar-refractivity contribution is 7.80. The standard InChI is InChI=1S/C13H23N3O2S/c1-9-6-10(8-18-9)13(17)15-11-2-4-16(5-3-11)7-12(14)19/h9-11H,2-8H2,1H3,(H2,14,19)(H,15,17). The van der Waals surface area contributed by atoms with E-state index in [1.807, 2.05) is 6.92 Å². The maximum absolute atomic E-state index is 12.1. The van der Waals surface area contributed by atoms with Crippen LogP contribution in [-0.2, 0) is 9.53 Å². The molecule has 0 aromatic heterocycles. The van der Waals surface area contributed by atoms with Crippen molar-refractivity contribution in [2.24, 2.45) is 11.7 Å². The van der Waals surface area contributed by atoms with Gasteiger partial charge in [-0.2, -0.15) is 0 Å². The molecule has 2 aliphatic rings. The highest BCUT2D eigenvalue weighted by Crippen LogP contribution is 2.20. The van der Waals surface area contributed by atoms with Crippen LogP contribution in [0.1, 0.15) is 26.2 Å². The maximum Gasteiger partial charge on any atom is 0.225 e. The Hall–Kier alpha value is -0.720. The third-order valence-electron chi connectivity index (χ3n) is 3.88. The average Bonchev–Trinajstić information content (AvgIpc) is 2.78. The second kappa shape index (κ2) is 6.63. The molecule has 6 heteroatoms. The summed E-state index contributed by atoms with van der Waals surface area (Å²) in [5, 5.41) is 3.15. The molecule has 1 amide bonds. The summed E-state index contributed by atoms with van der Waals surface area (Å²) < 4.78 is 5.44. The molecule has 2 heterocycles. The molecule has 19 heavy (non-hydrogen) atoms. The van der Waals surface area contributed by atoms with E-state index in [1.54, 1.807) is 0 Å². The van der Waals surface area contributed by atoms with Crippen LogP contribution in [0.15, 0.2) is 0 Å². The van der Waals surface area contributed by atoms with E-state index < -0.39 is 0 Å². The van der Waals surface area contributed by atoms with Gasteiger partial charge >= 0.3 is 0 Å². The molecule has 0 aliphatic carbocycles. The van der Waals surface area contributed by atoms with Gasteiger partial charge in [0.15, 0.2) is 0 Å². The number of thiocarbonyl (C=S) groups is 1. The summed E-state index contributed by atoms with van der Waals surface area (Å²) in [7, 11) is 0. The van der Waals surface area contributed by atoms with E-state index in [9.17, 15) is 4.79 Å². The van der Waals surface area contributed by atoms with E-state index in [0.717, 1.165) is 32.4 Å². The van der Waals surface area contributed by atoms with Gasteiger partial charge in [-0.3, -0.25) is 9.69 Å². The van der Waals surface area contributed by atoms with Crippen LogP contribution in [0.4, 0.5) is 0 Å². The Morgan fingerprint density at radius 3 is 2.68 bits per heavy atom. The van der Waals surface area contributed by atoms with Crippen LogP contribution in [0.5, 0.6) is 0 Å². The third kappa shape index (κ3) is 4.40. The largest absolute Gasteiger partial charge is 0.392 e. The number of piperidine rings is 1. The molecule has 2 aliphatic heterocycles. The SMILES string of the molecule is CC1CC(C(=O)NC2CCN(CC(N)=S)CC2)CO1. The van der Waals surface area contributed by atoms with Gasteiger partial charge in [0, 0.05) is 25.7 Å². The van der Waals surface area contributed by atoms with Crippen molar-refractivity contribution in [3.8, 4) is 0 Å². The lowest BCUT2D eigenvalue weighted by molar-refractivity contribution is -0.126. The lowest BCUT2D eigenvalue weighted by Crippen LogP contribution is -2.47. The summed E-state index contributed by atoms with van der Waals surface area (Å²) in [4.78, 5) is 14.9. The quantitative estimate of drug-likeness (QED) is 0.726. The molecule has 0 spiro atoms. The first kappa shape index (κ1) is 14.7. The van der Waals surface area contributed by atoms with Crippen molar-refractivity contribution in [3.63, 3.8) is 0 Å². The first-order chi connectivity index (χ1) is 9.04. The second-order valence-electron chi connectivity index (χ2n) is 5.60. The van der Waals surface area contributed by atoms with Gasteiger partial charge in [-0.1, -0.05) is 12.2 Å². The third-order valence-corrected chi connectivity index (χ3v) is 4.01. The number of hydrogen-bond donors (Lipinski definition) is 2. The summed E-state index contributed by atoms with van der Waals surface area (Å²) in [5.74, 6) is 0.182. The normalized spacial score (nSPS) is 29.3. The van der Waals surface area contributed by atoms with Crippen molar-refractivity contribution in [1.29, 1.82) is 0 Å². The van der Waals surface area contributed by atoms with Crippen LogP contribution in [-0.4, -0.2) is 54.2 Å². The van der Waals surface area contributed by atoms with Gasteiger partial charge in [-0.15, -0.1) is 0 Å². The predicted molar refractivity (Wildman–Crippen MR) is 77.9 cm³/mol. The van der Waals surface area contributed by atoms with Gasteiger partial charge in [0.05, 0.1) is 23.6 Å². The Morgan fingerprint density at radius 2 is 2.16 bits per heavy atom. The van der Waals surface area contributed by atoms with Crippen molar-refractivity contribution in [3.05, 3.63) is 0 Å². The average molecular weight is 285 g/mol. The molecular weight excluding hydrogens is 262 g/mol. The number of nitrogens with one attached hydrogen (secondary N) is 1. The van der Waals surface area contributed by atoms with Crippen LogP contribution >= 0.6 is 12.2 Å². The monoisotopic (exact) mass is 285 g/mol. The topological polar surface area (TPSA) is 67.6 Å². The number of carbonyl (C=O) groups is 1. The highest BCUT2D eigenvalue weighted by atomic mass is 32.1. The summed E-state index contributed by atoms with van der Waals surface area (Å²) in [6, 6.07) is 0.283. The van der Waals surface area contributed by atoms with E-state index in [2.05, 4.69) is 10.2 Å². The number of amides is 1. The number of carbonyl (C=O) groups excluding carboxylic acids is 1. The van der Waals surface area contributed by atoms with Crippen LogP contribution in [0.25, 0.3) is 0 Å². The number of nitrogens with zero attached hydrogens (tertiary/aromatic N) is 1. The first-order valence-corrected chi connectivity index (χ1v) is 7.38. The number of rotatable bonds is 4. The number of ether oxygens (including phenoxy) is 1. The fraction of sp³-hybridized carbons (Fsp3) is 0.846. The van der Waals surface area contributed by atoms with Crippen LogP contribution in [0.3, 0.4) is 0 Å². The Morgan fingerprint density at radius 1 is 1.47 bits per heavy atom. The minimum atomic E-state index is 0.0321. The maximum atomic E-state index is 12.1. The van der Waals surface area contributed by atoms with Crippen molar-refractivity contribution >= 4 is 23.1 Å². The Balaban J connectivity index is 1.70. The summed E-state index contributed by atoms with van der Waals surface area (Å²) in [6.45, 7) is 5.15. The van der Waals surface area contributed by atoms with E-state index in [1.165, 1.54) is 0 Å². The smallest absolute Gasteiger partial charge is 0.225 e. The van der Waals surface area contributed by atoms with E-state index in [0.29, 0.717) is 18.1 Å². The Bertz CT molecular complexity index is 343. The van der Waals surface area contributed by atoms with Gasteiger partial charge < -0.3 is 15.8 Å². The molecule has 0 saturated carbocycles. The molecule has 108 valence electrons. The molecule has 2 saturated heterocycles. The molecule has 0 aromatic rings. The molecule has 2 rings (SSSR count). The van der Waals surface area contributed by atoms with Crippen molar-refractivity contribution < 1.29 is 9.53 Å². The number of nitrogens with two attached hydrogens (primary N) is 1. The fourth-order valence-electron chi connectivity index (χ4n) is 2.77. The van der Waals surface area contributed by atoms with Crippen LogP contribution < -0.4 is 11.1 Å². The van der Waals surface area contributed by atoms with E-state index in [-0.39, 0.29) is 24.0 Å². The Labute approximate surface area is 119 Å².